The third-order valence-corrected chi connectivity index (χ3v) is 5.30. The number of carbonyl (C=O) groups is 1. The van der Waals surface area contributed by atoms with Gasteiger partial charge in [-0.1, -0.05) is 0 Å². The van der Waals surface area contributed by atoms with Crippen molar-refractivity contribution in [3.05, 3.63) is 47.0 Å². The Hall–Kier alpha value is -2.67. The summed E-state index contributed by atoms with van der Waals surface area (Å²) in [6, 6.07) is 5.26. The second kappa shape index (κ2) is 7.52. The van der Waals surface area contributed by atoms with Crippen LogP contribution < -0.4 is 14.8 Å². The van der Waals surface area contributed by atoms with E-state index >= 15 is 0 Å². The van der Waals surface area contributed by atoms with Crippen molar-refractivity contribution >= 4 is 5.91 Å². The largest absolute Gasteiger partial charge is 0.497 e. The summed E-state index contributed by atoms with van der Waals surface area (Å²) >= 11 is 0. The third-order valence-electron chi connectivity index (χ3n) is 5.30. The fourth-order valence-corrected chi connectivity index (χ4v) is 3.72. The predicted molar refractivity (Wildman–Crippen MR) is 100 cm³/mol. The summed E-state index contributed by atoms with van der Waals surface area (Å²) in [6.07, 6.45) is 3.72. The molecule has 1 fully saturated rings. The molecule has 0 radical (unpaired) electrons. The number of hydrogen-bond acceptors (Lipinski definition) is 6. The molecule has 7 heteroatoms. The molecule has 7 nitrogen and oxygen atoms in total. The molecule has 27 heavy (non-hydrogen) atoms. The molecule has 2 aromatic rings. The Labute approximate surface area is 158 Å². The fourth-order valence-electron chi connectivity index (χ4n) is 3.72. The van der Waals surface area contributed by atoms with Gasteiger partial charge in [0, 0.05) is 49.8 Å². The summed E-state index contributed by atoms with van der Waals surface area (Å²) in [7, 11) is 3.15. The minimum atomic E-state index is -0.0516. The Morgan fingerprint density at radius 1 is 1.30 bits per heavy atom. The first-order valence-corrected chi connectivity index (χ1v) is 9.26. The molecule has 0 bridgehead atoms. The van der Waals surface area contributed by atoms with Crippen LogP contribution in [0.15, 0.2) is 24.4 Å². The molecule has 0 spiro atoms. The normalized spacial score (nSPS) is 18.9. The molecule has 142 valence electrons. The highest BCUT2D eigenvalue weighted by Crippen LogP contribution is 2.28. The van der Waals surface area contributed by atoms with E-state index in [4.69, 9.17) is 14.5 Å². The minimum absolute atomic E-state index is 0.0516. The highest BCUT2D eigenvalue weighted by Gasteiger charge is 2.27. The molecular weight excluding hydrogens is 344 g/mol. The Balaban J connectivity index is 1.53. The second-order valence-corrected chi connectivity index (χ2v) is 6.93. The molecule has 4 rings (SSSR count). The number of methoxy groups -OCH3 is 2. The summed E-state index contributed by atoms with van der Waals surface area (Å²) < 4.78 is 10.6. The minimum Gasteiger partial charge on any atom is -0.497 e. The lowest BCUT2D eigenvalue weighted by Gasteiger charge is -2.29. The third kappa shape index (κ3) is 3.47. The maximum absolute atomic E-state index is 13.0. The summed E-state index contributed by atoms with van der Waals surface area (Å²) in [5, 5.41) is 3.36. The van der Waals surface area contributed by atoms with Gasteiger partial charge in [-0.2, -0.15) is 0 Å². The van der Waals surface area contributed by atoms with Crippen molar-refractivity contribution in [1.82, 2.24) is 20.2 Å². The van der Waals surface area contributed by atoms with E-state index in [1.54, 1.807) is 32.4 Å². The topological polar surface area (TPSA) is 76.6 Å². The first kappa shape index (κ1) is 17.7. The van der Waals surface area contributed by atoms with Gasteiger partial charge >= 0.3 is 0 Å². The Morgan fingerprint density at radius 2 is 2.19 bits per heavy atom. The van der Waals surface area contributed by atoms with Gasteiger partial charge in [-0.05, 0) is 25.1 Å². The average molecular weight is 368 g/mol. The van der Waals surface area contributed by atoms with Crippen LogP contribution in [0.1, 0.15) is 39.8 Å². The van der Waals surface area contributed by atoms with Crippen LogP contribution >= 0.6 is 0 Å². The summed E-state index contributed by atoms with van der Waals surface area (Å²) in [4.78, 5) is 24.2. The van der Waals surface area contributed by atoms with Crippen LogP contribution in [0.5, 0.6) is 11.5 Å². The number of nitrogens with zero attached hydrogens (tertiary/aromatic N) is 3. The number of carbonyl (C=O) groups excluding carboxylic acids is 1. The Bertz CT molecular complexity index is 849. The lowest BCUT2D eigenvalue weighted by atomic mass is 10.0. The van der Waals surface area contributed by atoms with Crippen molar-refractivity contribution < 1.29 is 14.3 Å². The van der Waals surface area contributed by atoms with Crippen molar-refractivity contribution in [2.45, 2.75) is 25.3 Å². The van der Waals surface area contributed by atoms with Crippen LogP contribution in [0.4, 0.5) is 0 Å². The standard InChI is InChI=1S/C20H24N4O3/c1-26-15-3-4-16(18(9-15)27-2)20(25)24-8-6-17-14(12-24)11-22-19(23-17)13-5-7-21-10-13/h3-4,9,11,13,21H,5-8,10,12H2,1-2H3. The summed E-state index contributed by atoms with van der Waals surface area (Å²) in [5.41, 5.74) is 2.63. The van der Waals surface area contributed by atoms with Crippen molar-refractivity contribution in [1.29, 1.82) is 0 Å². The zero-order valence-electron chi connectivity index (χ0n) is 15.7. The number of amides is 1. The zero-order valence-corrected chi connectivity index (χ0v) is 15.7. The SMILES string of the molecule is COc1ccc(C(=O)N2CCc3nc(C4CCNC4)ncc3C2)c(OC)c1. The lowest BCUT2D eigenvalue weighted by Crippen LogP contribution is -2.37. The molecule has 0 saturated carbocycles. The average Bonchev–Trinajstić information content (AvgIpc) is 3.27. The molecule has 1 aromatic carbocycles. The van der Waals surface area contributed by atoms with E-state index in [9.17, 15) is 4.79 Å². The smallest absolute Gasteiger partial charge is 0.257 e. The quantitative estimate of drug-likeness (QED) is 0.886. The molecule has 1 unspecified atom stereocenters. The van der Waals surface area contributed by atoms with Crippen LogP contribution in [0, 0.1) is 0 Å². The Morgan fingerprint density at radius 3 is 2.93 bits per heavy atom. The molecule has 1 N–H and O–H groups in total. The fraction of sp³-hybridized carbons (Fsp3) is 0.450. The number of ether oxygens (including phenoxy) is 2. The maximum atomic E-state index is 13.0. The van der Waals surface area contributed by atoms with E-state index in [1.165, 1.54) is 0 Å². The van der Waals surface area contributed by atoms with Gasteiger partial charge in [-0.3, -0.25) is 4.79 Å². The molecular formula is C20H24N4O3. The number of benzene rings is 1. The Kier molecular flexibility index (Phi) is 4.94. The van der Waals surface area contributed by atoms with Gasteiger partial charge in [0.25, 0.3) is 5.91 Å². The monoisotopic (exact) mass is 368 g/mol. The van der Waals surface area contributed by atoms with Crippen molar-refractivity contribution in [3.63, 3.8) is 0 Å². The highest BCUT2D eigenvalue weighted by atomic mass is 16.5. The molecule has 1 saturated heterocycles. The first-order chi connectivity index (χ1) is 13.2. The van der Waals surface area contributed by atoms with Gasteiger partial charge in [0.1, 0.15) is 17.3 Å². The van der Waals surface area contributed by atoms with Gasteiger partial charge in [-0.25, -0.2) is 9.97 Å². The molecule has 0 aliphatic carbocycles. The van der Waals surface area contributed by atoms with Gasteiger partial charge in [0.05, 0.1) is 25.5 Å². The van der Waals surface area contributed by atoms with Crippen molar-refractivity contribution in [3.8, 4) is 11.5 Å². The van der Waals surface area contributed by atoms with Crippen LogP contribution in [0.25, 0.3) is 0 Å². The second-order valence-electron chi connectivity index (χ2n) is 6.93. The van der Waals surface area contributed by atoms with Crippen LogP contribution in [0.3, 0.4) is 0 Å². The molecule has 1 amide bonds. The van der Waals surface area contributed by atoms with Crippen LogP contribution in [-0.4, -0.2) is 54.6 Å². The van der Waals surface area contributed by atoms with E-state index in [2.05, 4.69) is 10.3 Å². The van der Waals surface area contributed by atoms with Gasteiger partial charge < -0.3 is 19.7 Å². The number of rotatable bonds is 4. The highest BCUT2D eigenvalue weighted by molar-refractivity contribution is 5.97. The molecule has 1 aromatic heterocycles. The van der Waals surface area contributed by atoms with E-state index in [-0.39, 0.29) is 5.91 Å². The van der Waals surface area contributed by atoms with Gasteiger partial charge in [-0.15, -0.1) is 0 Å². The number of fused-ring (bicyclic) bond motifs is 1. The molecule has 1 atom stereocenters. The zero-order chi connectivity index (χ0) is 18.8. The number of nitrogens with one attached hydrogen (secondary N) is 1. The number of aromatic nitrogens is 2. The summed E-state index contributed by atoms with van der Waals surface area (Å²) in [6.45, 7) is 3.13. The summed E-state index contributed by atoms with van der Waals surface area (Å²) in [5.74, 6) is 2.46. The van der Waals surface area contributed by atoms with Crippen LogP contribution in [0.2, 0.25) is 0 Å². The molecule has 2 aliphatic heterocycles. The van der Waals surface area contributed by atoms with E-state index in [1.807, 2.05) is 11.1 Å². The molecule has 2 aliphatic rings. The maximum Gasteiger partial charge on any atom is 0.257 e. The van der Waals surface area contributed by atoms with Crippen molar-refractivity contribution in [2.75, 3.05) is 33.9 Å². The van der Waals surface area contributed by atoms with E-state index in [0.29, 0.717) is 36.1 Å². The molecule has 3 heterocycles. The van der Waals surface area contributed by atoms with Crippen molar-refractivity contribution in [2.24, 2.45) is 0 Å². The first-order valence-electron chi connectivity index (χ1n) is 9.26. The van der Waals surface area contributed by atoms with Gasteiger partial charge in [0.15, 0.2) is 0 Å². The number of hydrogen-bond donors (Lipinski definition) is 1. The van der Waals surface area contributed by atoms with E-state index in [0.717, 1.165) is 43.0 Å². The van der Waals surface area contributed by atoms with E-state index < -0.39 is 0 Å². The van der Waals surface area contributed by atoms with Crippen LogP contribution in [-0.2, 0) is 13.0 Å². The predicted octanol–water partition coefficient (Wildman–Crippen LogP) is 1.77. The van der Waals surface area contributed by atoms with Gasteiger partial charge in [0.2, 0.25) is 0 Å². The lowest BCUT2D eigenvalue weighted by molar-refractivity contribution is 0.0729.